The maximum absolute atomic E-state index is 12.8. The highest BCUT2D eigenvalue weighted by atomic mass is 32.2. The third-order valence-electron chi connectivity index (χ3n) is 3.68. The molecule has 1 aliphatic heterocycles. The van der Waals surface area contributed by atoms with Gasteiger partial charge in [0, 0.05) is 13.0 Å². The van der Waals surface area contributed by atoms with Gasteiger partial charge >= 0.3 is 0 Å². The molecule has 0 saturated carbocycles. The van der Waals surface area contributed by atoms with E-state index in [0.717, 1.165) is 25.1 Å². The number of halogens is 1. The van der Waals surface area contributed by atoms with Gasteiger partial charge in [-0.05, 0) is 43.5 Å². The molecule has 0 aromatic heterocycles. The standard InChI is InChI=1S/C14H21FN2O2S/c15-13-5-7-14(8-6-13)20(18,19)16-9-4-12-17-10-2-1-3-11-17/h5-8,16H,1-4,9-12H2/p+1. The van der Waals surface area contributed by atoms with Gasteiger partial charge in [-0.3, -0.25) is 0 Å². The molecule has 1 aromatic rings. The maximum Gasteiger partial charge on any atom is 0.240 e. The van der Waals surface area contributed by atoms with Crippen LogP contribution in [0.15, 0.2) is 29.2 Å². The second-order valence-corrected chi connectivity index (χ2v) is 7.03. The van der Waals surface area contributed by atoms with E-state index >= 15 is 0 Å². The number of piperidine rings is 1. The number of sulfonamides is 1. The van der Waals surface area contributed by atoms with E-state index in [4.69, 9.17) is 0 Å². The molecule has 0 aliphatic carbocycles. The van der Waals surface area contributed by atoms with Crippen LogP contribution in [0.4, 0.5) is 4.39 Å². The van der Waals surface area contributed by atoms with Crippen molar-refractivity contribution in [3.8, 4) is 0 Å². The van der Waals surface area contributed by atoms with Crippen molar-refractivity contribution in [3.63, 3.8) is 0 Å². The molecule has 1 aliphatic rings. The van der Waals surface area contributed by atoms with Gasteiger partial charge in [0.2, 0.25) is 10.0 Å². The summed E-state index contributed by atoms with van der Waals surface area (Å²) in [5, 5.41) is 0. The number of benzene rings is 1. The van der Waals surface area contributed by atoms with Gasteiger partial charge < -0.3 is 4.90 Å². The van der Waals surface area contributed by atoms with Crippen LogP contribution in [-0.4, -0.2) is 34.6 Å². The van der Waals surface area contributed by atoms with Crippen molar-refractivity contribution in [3.05, 3.63) is 30.1 Å². The van der Waals surface area contributed by atoms with Gasteiger partial charge in [0.25, 0.3) is 0 Å². The molecular weight excluding hydrogens is 279 g/mol. The second-order valence-electron chi connectivity index (χ2n) is 5.27. The Labute approximate surface area is 120 Å². The first-order chi connectivity index (χ1) is 9.58. The van der Waals surface area contributed by atoms with E-state index in [1.54, 1.807) is 4.90 Å². The Morgan fingerprint density at radius 1 is 1.10 bits per heavy atom. The van der Waals surface area contributed by atoms with E-state index < -0.39 is 15.8 Å². The van der Waals surface area contributed by atoms with Crippen LogP contribution in [0.1, 0.15) is 25.7 Å². The van der Waals surface area contributed by atoms with E-state index in [9.17, 15) is 12.8 Å². The fourth-order valence-electron chi connectivity index (χ4n) is 2.54. The number of likely N-dealkylation sites (tertiary alicyclic amines) is 1. The van der Waals surface area contributed by atoms with Crippen molar-refractivity contribution in [2.75, 3.05) is 26.2 Å². The van der Waals surface area contributed by atoms with Crippen LogP contribution < -0.4 is 9.62 Å². The number of hydrogen-bond donors (Lipinski definition) is 2. The lowest BCUT2D eigenvalue weighted by molar-refractivity contribution is -0.904. The molecular formula is C14H22FN2O2S+. The Balaban J connectivity index is 1.76. The SMILES string of the molecule is O=S(=O)(NCCC[NH+]1CCCCC1)c1ccc(F)cc1. The Hall–Kier alpha value is -0.980. The zero-order valence-electron chi connectivity index (χ0n) is 11.6. The first-order valence-electron chi connectivity index (χ1n) is 7.17. The summed E-state index contributed by atoms with van der Waals surface area (Å²) in [5.41, 5.74) is 0. The van der Waals surface area contributed by atoms with Crippen molar-refractivity contribution >= 4 is 10.0 Å². The highest BCUT2D eigenvalue weighted by molar-refractivity contribution is 7.89. The van der Waals surface area contributed by atoms with Gasteiger partial charge in [-0.1, -0.05) is 0 Å². The average Bonchev–Trinajstić information content (AvgIpc) is 2.45. The normalized spacial score (nSPS) is 17.2. The predicted molar refractivity (Wildman–Crippen MR) is 75.6 cm³/mol. The van der Waals surface area contributed by atoms with Crippen LogP contribution in [-0.2, 0) is 10.0 Å². The van der Waals surface area contributed by atoms with Crippen LogP contribution in [0, 0.1) is 5.82 Å². The van der Waals surface area contributed by atoms with Gasteiger partial charge in [0.1, 0.15) is 5.82 Å². The molecule has 1 heterocycles. The van der Waals surface area contributed by atoms with Crippen LogP contribution in [0.3, 0.4) is 0 Å². The van der Waals surface area contributed by atoms with Gasteiger partial charge in [-0.25, -0.2) is 17.5 Å². The van der Waals surface area contributed by atoms with Gasteiger partial charge in [0.05, 0.1) is 24.5 Å². The van der Waals surface area contributed by atoms with E-state index in [0.29, 0.717) is 6.54 Å². The lowest BCUT2D eigenvalue weighted by Crippen LogP contribution is -3.12. The van der Waals surface area contributed by atoms with Gasteiger partial charge in [-0.2, -0.15) is 0 Å². The molecule has 2 rings (SSSR count). The average molecular weight is 301 g/mol. The molecule has 0 spiro atoms. The molecule has 0 unspecified atom stereocenters. The summed E-state index contributed by atoms with van der Waals surface area (Å²) in [6, 6.07) is 4.89. The minimum absolute atomic E-state index is 0.115. The predicted octanol–water partition coefficient (Wildman–Crippen LogP) is 0.563. The van der Waals surface area contributed by atoms with E-state index in [-0.39, 0.29) is 4.90 Å². The molecule has 1 aromatic carbocycles. The number of rotatable bonds is 6. The molecule has 0 bridgehead atoms. The first kappa shape index (κ1) is 15.4. The van der Waals surface area contributed by atoms with Crippen LogP contribution in [0.5, 0.6) is 0 Å². The smallest absolute Gasteiger partial charge is 0.240 e. The molecule has 0 amide bonds. The Morgan fingerprint density at radius 2 is 1.75 bits per heavy atom. The van der Waals surface area contributed by atoms with Crippen LogP contribution in [0.2, 0.25) is 0 Å². The Morgan fingerprint density at radius 3 is 2.40 bits per heavy atom. The van der Waals surface area contributed by atoms with E-state index in [1.165, 1.54) is 44.5 Å². The monoisotopic (exact) mass is 301 g/mol. The summed E-state index contributed by atoms with van der Waals surface area (Å²) >= 11 is 0. The summed E-state index contributed by atoms with van der Waals surface area (Å²) in [6.45, 7) is 3.84. The largest absolute Gasteiger partial charge is 0.335 e. The third kappa shape index (κ3) is 4.54. The molecule has 112 valence electrons. The lowest BCUT2D eigenvalue weighted by Gasteiger charge is -2.23. The summed E-state index contributed by atoms with van der Waals surface area (Å²) in [6.07, 6.45) is 4.70. The molecule has 20 heavy (non-hydrogen) atoms. The van der Waals surface area contributed by atoms with Crippen molar-refractivity contribution in [2.24, 2.45) is 0 Å². The van der Waals surface area contributed by atoms with Crippen molar-refractivity contribution in [1.29, 1.82) is 0 Å². The zero-order chi connectivity index (χ0) is 14.4. The third-order valence-corrected chi connectivity index (χ3v) is 5.16. The zero-order valence-corrected chi connectivity index (χ0v) is 12.4. The number of hydrogen-bond acceptors (Lipinski definition) is 2. The van der Waals surface area contributed by atoms with Crippen molar-refractivity contribution in [2.45, 2.75) is 30.6 Å². The fourth-order valence-corrected chi connectivity index (χ4v) is 3.62. The highest BCUT2D eigenvalue weighted by Gasteiger charge is 2.15. The fraction of sp³-hybridized carbons (Fsp3) is 0.571. The summed E-state index contributed by atoms with van der Waals surface area (Å²) in [4.78, 5) is 1.68. The molecule has 6 heteroatoms. The topological polar surface area (TPSA) is 50.6 Å². The quantitative estimate of drug-likeness (QED) is 0.755. The number of quaternary nitrogens is 1. The molecule has 1 fully saturated rings. The molecule has 1 saturated heterocycles. The minimum atomic E-state index is -3.51. The maximum atomic E-state index is 12.8. The van der Waals surface area contributed by atoms with Crippen LogP contribution >= 0.6 is 0 Å². The van der Waals surface area contributed by atoms with Crippen molar-refractivity contribution < 1.29 is 17.7 Å². The molecule has 0 atom stereocenters. The Bertz CT molecular complexity index is 510. The van der Waals surface area contributed by atoms with Crippen molar-refractivity contribution in [1.82, 2.24) is 4.72 Å². The number of nitrogens with one attached hydrogen (secondary N) is 2. The summed E-state index contributed by atoms with van der Waals surface area (Å²) < 4.78 is 39.2. The minimum Gasteiger partial charge on any atom is -0.335 e. The van der Waals surface area contributed by atoms with Gasteiger partial charge in [-0.15, -0.1) is 0 Å². The lowest BCUT2D eigenvalue weighted by atomic mass is 10.1. The summed E-state index contributed by atoms with van der Waals surface area (Å²) in [7, 11) is -3.51. The van der Waals surface area contributed by atoms with E-state index in [2.05, 4.69) is 4.72 Å². The molecule has 2 N–H and O–H groups in total. The molecule has 4 nitrogen and oxygen atoms in total. The van der Waals surface area contributed by atoms with Gasteiger partial charge in [0.15, 0.2) is 0 Å². The highest BCUT2D eigenvalue weighted by Crippen LogP contribution is 2.09. The first-order valence-corrected chi connectivity index (χ1v) is 8.65. The Kier molecular flexibility index (Phi) is 5.51. The second kappa shape index (κ2) is 7.15. The summed E-state index contributed by atoms with van der Waals surface area (Å²) in [5.74, 6) is -0.433. The molecule has 0 radical (unpaired) electrons. The van der Waals surface area contributed by atoms with Crippen LogP contribution in [0.25, 0.3) is 0 Å². The van der Waals surface area contributed by atoms with E-state index in [1.807, 2.05) is 0 Å².